The van der Waals surface area contributed by atoms with Crippen LogP contribution in [-0.2, 0) is 17.9 Å². The monoisotopic (exact) mass is 432 g/mol. The third kappa shape index (κ3) is 4.62. The Bertz CT molecular complexity index is 1080. The highest BCUT2D eigenvalue weighted by atomic mass is 16.5. The third-order valence-corrected chi connectivity index (χ3v) is 5.95. The molecule has 1 amide bonds. The molecule has 0 aliphatic carbocycles. The number of fused-ring (bicyclic) bond motifs is 1. The predicted molar refractivity (Wildman–Crippen MR) is 120 cm³/mol. The minimum absolute atomic E-state index is 0.0438. The average Bonchev–Trinajstić information content (AvgIpc) is 3.23. The van der Waals surface area contributed by atoms with Gasteiger partial charge in [-0.05, 0) is 37.0 Å². The second-order valence-electron chi connectivity index (χ2n) is 8.04. The Morgan fingerprint density at radius 3 is 2.62 bits per heavy atom. The van der Waals surface area contributed by atoms with Crippen molar-refractivity contribution >= 4 is 11.7 Å². The Kier molecular flexibility index (Phi) is 6.75. The van der Waals surface area contributed by atoms with Crippen molar-refractivity contribution in [2.75, 3.05) is 6.61 Å². The summed E-state index contributed by atoms with van der Waals surface area (Å²) in [5, 5.41) is 2.95. The van der Waals surface area contributed by atoms with Gasteiger partial charge in [0.25, 0.3) is 5.91 Å². The van der Waals surface area contributed by atoms with Gasteiger partial charge in [-0.1, -0.05) is 37.3 Å². The van der Waals surface area contributed by atoms with Crippen molar-refractivity contribution < 1.29 is 14.3 Å². The number of ketones is 1. The second-order valence-corrected chi connectivity index (χ2v) is 8.04. The molecule has 32 heavy (non-hydrogen) atoms. The highest BCUT2D eigenvalue weighted by molar-refractivity contribution is 6.01. The van der Waals surface area contributed by atoms with Gasteiger partial charge in [-0.3, -0.25) is 9.59 Å². The molecule has 0 spiro atoms. The van der Waals surface area contributed by atoms with E-state index >= 15 is 0 Å². The molecule has 3 aromatic rings. The van der Waals surface area contributed by atoms with E-state index in [1.807, 2.05) is 29.7 Å². The number of carbonyl (C=O) groups excluding carboxylic acids is 2. The molecule has 0 fully saturated rings. The summed E-state index contributed by atoms with van der Waals surface area (Å²) in [6.07, 6.45) is 4.56. The molecule has 0 bridgehead atoms. The summed E-state index contributed by atoms with van der Waals surface area (Å²) in [7, 11) is 0. The molecule has 7 nitrogen and oxygen atoms in total. The number of aromatic nitrogens is 3. The molecular weight excluding hydrogens is 404 g/mol. The zero-order chi connectivity index (χ0) is 22.5. The van der Waals surface area contributed by atoms with Crippen LogP contribution >= 0.6 is 0 Å². The lowest BCUT2D eigenvalue weighted by molar-refractivity contribution is 0.0781. The topological polar surface area (TPSA) is 86.1 Å². The van der Waals surface area contributed by atoms with E-state index in [1.165, 1.54) is 0 Å². The van der Waals surface area contributed by atoms with Crippen molar-refractivity contribution in [2.24, 2.45) is 0 Å². The summed E-state index contributed by atoms with van der Waals surface area (Å²) in [6.45, 7) is 5.32. The fourth-order valence-electron chi connectivity index (χ4n) is 4.18. The zero-order valence-corrected chi connectivity index (χ0v) is 18.5. The molecule has 0 saturated heterocycles. The fourth-order valence-corrected chi connectivity index (χ4v) is 4.18. The Hall–Kier alpha value is -3.32. The van der Waals surface area contributed by atoms with Crippen LogP contribution in [0.5, 0.6) is 0 Å². The van der Waals surface area contributed by atoms with Crippen LogP contribution in [0.1, 0.15) is 76.6 Å². The maximum absolute atomic E-state index is 13.3. The van der Waals surface area contributed by atoms with Crippen LogP contribution in [0.4, 0.5) is 0 Å². The van der Waals surface area contributed by atoms with Crippen molar-refractivity contribution in [2.45, 2.75) is 51.8 Å². The van der Waals surface area contributed by atoms with E-state index in [4.69, 9.17) is 4.74 Å². The zero-order valence-electron chi connectivity index (χ0n) is 18.5. The maximum Gasteiger partial charge on any atom is 0.253 e. The van der Waals surface area contributed by atoms with Crippen LogP contribution in [0.2, 0.25) is 0 Å². The first-order valence-corrected chi connectivity index (χ1v) is 11.0. The summed E-state index contributed by atoms with van der Waals surface area (Å²) in [5.74, 6) is 0.466. The summed E-state index contributed by atoms with van der Waals surface area (Å²) in [6, 6.07) is 13.2. The van der Waals surface area contributed by atoms with E-state index in [0.717, 1.165) is 17.7 Å². The SMILES string of the molecule is CC[C@@H](CC(=O)c1cc(C(=O)NC(C)c2ncccn2)c2n1CCOC2)c1ccccc1. The van der Waals surface area contributed by atoms with Gasteiger partial charge >= 0.3 is 0 Å². The second kappa shape index (κ2) is 9.87. The molecule has 3 heterocycles. The van der Waals surface area contributed by atoms with Crippen LogP contribution in [0.3, 0.4) is 0 Å². The number of nitrogens with one attached hydrogen (secondary N) is 1. The highest BCUT2D eigenvalue weighted by Crippen LogP contribution is 2.28. The lowest BCUT2D eigenvalue weighted by atomic mass is 9.90. The van der Waals surface area contributed by atoms with E-state index < -0.39 is 0 Å². The fraction of sp³-hybridized carbons (Fsp3) is 0.360. The molecule has 1 aromatic carbocycles. The van der Waals surface area contributed by atoms with E-state index in [0.29, 0.717) is 43.3 Å². The predicted octanol–water partition coefficient (Wildman–Crippen LogP) is 4.07. The van der Waals surface area contributed by atoms with Gasteiger partial charge in [0.1, 0.15) is 5.82 Å². The van der Waals surface area contributed by atoms with Crippen LogP contribution in [0.15, 0.2) is 54.9 Å². The number of hydrogen-bond donors (Lipinski definition) is 1. The smallest absolute Gasteiger partial charge is 0.253 e. The number of nitrogens with zero attached hydrogens (tertiary/aromatic N) is 3. The number of rotatable bonds is 8. The van der Waals surface area contributed by atoms with Gasteiger partial charge < -0.3 is 14.6 Å². The van der Waals surface area contributed by atoms with Gasteiger partial charge in [0, 0.05) is 25.4 Å². The molecule has 2 atom stereocenters. The van der Waals surface area contributed by atoms with Crippen molar-refractivity contribution in [3.63, 3.8) is 0 Å². The van der Waals surface area contributed by atoms with E-state index in [2.05, 4.69) is 34.3 Å². The molecule has 0 saturated carbocycles. The number of ether oxygens (including phenoxy) is 1. The number of Topliss-reactive ketones (excluding diaryl/α,β-unsaturated/α-hetero) is 1. The molecule has 1 aliphatic rings. The first-order valence-electron chi connectivity index (χ1n) is 11.0. The Morgan fingerprint density at radius 1 is 1.16 bits per heavy atom. The number of hydrogen-bond acceptors (Lipinski definition) is 5. The van der Waals surface area contributed by atoms with Crippen molar-refractivity contribution in [1.29, 1.82) is 0 Å². The molecule has 4 rings (SSSR count). The first kappa shape index (κ1) is 21.9. The van der Waals surface area contributed by atoms with Crippen LogP contribution < -0.4 is 5.32 Å². The van der Waals surface area contributed by atoms with Gasteiger partial charge in [-0.25, -0.2) is 9.97 Å². The van der Waals surface area contributed by atoms with Crippen LogP contribution in [-0.4, -0.2) is 32.8 Å². The van der Waals surface area contributed by atoms with Gasteiger partial charge in [0.2, 0.25) is 0 Å². The molecule has 166 valence electrons. The lowest BCUT2D eigenvalue weighted by Crippen LogP contribution is -2.29. The van der Waals surface area contributed by atoms with Crippen molar-refractivity contribution in [3.8, 4) is 0 Å². The Balaban J connectivity index is 1.57. The van der Waals surface area contributed by atoms with Gasteiger partial charge in [0.05, 0.1) is 36.2 Å². The molecule has 1 unspecified atom stereocenters. The van der Waals surface area contributed by atoms with Gasteiger partial charge in [0.15, 0.2) is 5.78 Å². The molecule has 7 heteroatoms. The standard InChI is InChI=1S/C25H28N4O3/c1-3-18(19-8-5-4-6-9-19)14-23(30)21-15-20(22-16-32-13-12-29(21)22)25(31)28-17(2)24-26-10-7-11-27-24/h4-11,15,17-18H,3,12-14,16H2,1-2H3,(H,28,31)/t17?,18-/m0/s1. The third-order valence-electron chi connectivity index (χ3n) is 5.95. The van der Waals surface area contributed by atoms with Crippen molar-refractivity contribution in [3.05, 3.63) is 83.2 Å². The molecule has 1 N–H and O–H groups in total. The first-order chi connectivity index (χ1) is 15.6. The van der Waals surface area contributed by atoms with E-state index in [-0.39, 0.29) is 23.7 Å². The molecule has 2 aromatic heterocycles. The molecule has 1 aliphatic heterocycles. The minimum Gasteiger partial charge on any atom is -0.373 e. The summed E-state index contributed by atoms with van der Waals surface area (Å²) in [4.78, 5) is 34.8. The van der Waals surface area contributed by atoms with Gasteiger partial charge in [-0.15, -0.1) is 0 Å². The largest absolute Gasteiger partial charge is 0.373 e. The number of benzene rings is 1. The lowest BCUT2D eigenvalue weighted by Gasteiger charge is -2.20. The van der Waals surface area contributed by atoms with E-state index in [9.17, 15) is 9.59 Å². The minimum atomic E-state index is -0.356. The quantitative estimate of drug-likeness (QED) is 0.543. The normalized spacial score (nSPS) is 14.9. The number of carbonyl (C=O) groups is 2. The van der Waals surface area contributed by atoms with Gasteiger partial charge in [-0.2, -0.15) is 0 Å². The summed E-state index contributed by atoms with van der Waals surface area (Å²) < 4.78 is 7.55. The van der Waals surface area contributed by atoms with Crippen LogP contribution in [0.25, 0.3) is 0 Å². The maximum atomic E-state index is 13.3. The van der Waals surface area contributed by atoms with Crippen LogP contribution in [0, 0.1) is 0 Å². The Labute approximate surface area is 187 Å². The highest BCUT2D eigenvalue weighted by Gasteiger charge is 2.28. The average molecular weight is 433 g/mol. The summed E-state index contributed by atoms with van der Waals surface area (Å²) >= 11 is 0. The molecule has 0 radical (unpaired) electrons. The number of amides is 1. The Morgan fingerprint density at radius 2 is 1.91 bits per heavy atom. The van der Waals surface area contributed by atoms with E-state index in [1.54, 1.807) is 24.5 Å². The molecular formula is C25H28N4O3. The summed E-state index contributed by atoms with van der Waals surface area (Å²) in [5.41, 5.74) is 2.95. The van der Waals surface area contributed by atoms with Crippen molar-refractivity contribution in [1.82, 2.24) is 19.9 Å².